The Labute approximate surface area is 85.9 Å². The second-order valence-electron chi connectivity index (χ2n) is 2.16. The third-order valence-electron chi connectivity index (χ3n) is 1.28. The van der Waals surface area contributed by atoms with Crippen molar-refractivity contribution < 1.29 is 14.1 Å². The van der Waals surface area contributed by atoms with E-state index in [1.54, 1.807) is 6.92 Å². The zero-order valence-electron chi connectivity index (χ0n) is 7.35. The number of hydrogen-bond acceptors (Lipinski definition) is 5. The lowest BCUT2D eigenvalue weighted by Gasteiger charge is -1.98. The van der Waals surface area contributed by atoms with E-state index in [1.165, 1.54) is 12.1 Å². The van der Waals surface area contributed by atoms with E-state index in [0.717, 1.165) is 0 Å². The molecule has 14 heavy (non-hydrogen) atoms. The SMILES string of the molecule is CCOC(=N)c1ccc([N+](=O)[O-])o1.Cl. The van der Waals surface area contributed by atoms with Crippen molar-refractivity contribution in [3.63, 3.8) is 0 Å². The molecule has 6 nitrogen and oxygen atoms in total. The highest BCUT2D eigenvalue weighted by Crippen LogP contribution is 2.15. The predicted molar refractivity (Wildman–Crippen MR) is 51.1 cm³/mol. The summed E-state index contributed by atoms with van der Waals surface area (Å²) in [7, 11) is 0. The van der Waals surface area contributed by atoms with Gasteiger partial charge in [0.05, 0.1) is 12.7 Å². The maximum atomic E-state index is 10.2. The molecule has 0 fully saturated rings. The Balaban J connectivity index is 0.00000169. The Kier molecular flexibility index (Phi) is 4.65. The van der Waals surface area contributed by atoms with Gasteiger partial charge in [-0.25, -0.2) is 0 Å². The third kappa shape index (κ3) is 2.74. The Bertz CT molecular complexity index is 336. The summed E-state index contributed by atoms with van der Waals surface area (Å²) >= 11 is 0. The number of hydrogen-bond donors (Lipinski definition) is 1. The molecule has 0 saturated heterocycles. The van der Waals surface area contributed by atoms with Gasteiger partial charge in [-0.2, -0.15) is 0 Å². The largest absolute Gasteiger partial charge is 0.476 e. The molecular formula is C7H9ClN2O4. The lowest BCUT2D eigenvalue weighted by Crippen LogP contribution is -2.02. The van der Waals surface area contributed by atoms with Gasteiger partial charge < -0.3 is 9.15 Å². The van der Waals surface area contributed by atoms with Crippen molar-refractivity contribution in [3.8, 4) is 0 Å². The molecule has 1 aromatic heterocycles. The molecule has 0 radical (unpaired) electrons. The van der Waals surface area contributed by atoms with Crippen LogP contribution in [0, 0.1) is 15.5 Å². The van der Waals surface area contributed by atoms with Crippen molar-refractivity contribution in [1.82, 2.24) is 0 Å². The first-order valence-electron chi connectivity index (χ1n) is 3.61. The van der Waals surface area contributed by atoms with E-state index in [-0.39, 0.29) is 29.9 Å². The van der Waals surface area contributed by atoms with Crippen LogP contribution in [-0.2, 0) is 4.74 Å². The van der Waals surface area contributed by atoms with E-state index in [1.807, 2.05) is 0 Å². The van der Waals surface area contributed by atoms with Crippen LogP contribution in [-0.4, -0.2) is 17.4 Å². The monoisotopic (exact) mass is 220 g/mol. The molecule has 0 aliphatic heterocycles. The van der Waals surface area contributed by atoms with Crippen LogP contribution in [0.4, 0.5) is 5.88 Å². The smallest absolute Gasteiger partial charge is 0.433 e. The Morgan fingerprint density at radius 1 is 1.71 bits per heavy atom. The first-order chi connectivity index (χ1) is 6.15. The van der Waals surface area contributed by atoms with Crippen molar-refractivity contribution in [1.29, 1.82) is 5.41 Å². The first kappa shape index (κ1) is 12.4. The third-order valence-corrected chi connectivity index (χ3v) is 1.28. The van der Waals surface area contributed by atoms with Crippen molar-refractivity contribution in [2.75, 3.05) is 6.61 Å². The van der Waals surface area contributed by atoms with Crippen molar-refractivity contribution in [2.24, 2.45) is 0 Å². The minimum Gasteiger partial charge on any atom is -0.476 e. The maximum Gasteiger partial charge on any atom is 0.433 e. The topological polar surface area (TPSA) is 89.4 Å². The average Bonchev–Trinajstić information content (AvgIpc) is 2.52. The fourth-order valence-corrected chi connectivity index (χ4v) is 0.763. The van der Waals surface area contributed by atoms with Gasteiger partial charge in [0.2, 0.25) is 5.90 Å². The number of nitrogens with one attached hydrogen (secondary N) is 1. The van der Waals surface area contributed by atoms with Gasteiger partial charge in [0.1, 0.15) is 4.92 Å². The lowest BCUT2D eigenvalue weighted by atomic mass is 10.4. The molecule has 0 amide bonds. The van der Waals surface area contributed by atoms with E-state index in [0.29, 0.717) is 6.61 Å². The molecule has 1 aromatic rings. The fraction of sp³-hybridized carbons (Fsp3) is 0.286. The van der Waals surface area contributed by atoms with Gasteiger partial charge >= 0.3 is 5.88 Å². The molecule has 0 aromatic carbocycles. The summed E-state index contributed by atoms with van der Waals surface area (Å²) < 4.78 is 9.50. The molecule has 0 unspecified atom stereocenters. The van der Waals surface area contributed by atoms with Gasteiger partial charge in [0.15, 0.2) is 5.76 Å². The first-order valence-corrected chi connectivity index (χ1v) is 3.61. The molecule has 7 heteroatoms. The van der Waals surface area contributed by atoms with Gasteiger partial charge in [-0.05, 0) is 13.0 Å². The average molecular weight is 221 g/mol. The highest BCUT2D eigenvalue weighted by molar-refractivity contribution is 5.88. The van der Waals surface area contributed by atoms with Gasteiger partial charge in [-0.15, -0.1) is 12.4 Å². The van der Waals surface area contributed by atoms with E-state index in [9.17, 15) is 10.1 Å². The number of furan rings is 1. The van der Waals surface area contributed by atoms with Crippen LogP contribution in [0.15, 0.2) is 16.5 Å². The number of halogens is 1. The zero-order valence-corrected chi connectivity index (χ0v) is 8.17. The number of nitro groups is 1. The Morgan fingerprint density at radius 3 is 2.79 bits per heavy atom. The van der Waals surface area contributed by atoms with Crippen LogP contribution in [0.3, 0.4) is 0 Å². The summed E-state index contributed by atoms with van der Waals surface area (Å²) in [5.41, 5.74) is 0. The lowest BCUT2D eigenvalue weighted by molar-refractivity contribution is -0.402. The summed E-state index contributed by atoms with van der Waals surface area (Å²) in [6.07, 6.45) is 0. The predicted octanol–water partition coefficient (Wildman–Crippen LogP) is 1.97. The van der Waals surface area contributed by atoms with Gasteiger partial charge in [0.25, 0.3) is 0 Å². The van der Waals surface area contributed by atoms with Crippen molar-refractivity contribution >= 4 is 24.2 Å². The van der Waals surface area contributed by atoms with Gasteiger partial charge in [0, 0.05) is 0 Å². The minimum absolute atomic E-state index is 0. The Hall–Kier alpha value is -1.56. The summed E-state index contributed by atoms with van der Waals surface area (Å²) in [5.74, 6) is -0.524. The molecule has 0 spiro atoms. The number of ether oxygens (including phenoxy) is 1. The Morgan fingerprint density at radius 2 is 2.36 bits per heavy atom. The summed E-state index contributed by atoms with van der Waals surface area (Å²) in [6, 6.07) is 2.51. The highest BCUT2D eigenvalue weighted by Gasteiger charge is 2.15. The normalized spacial score (nSPS) is 8.93. The molecule has 0 aliphatic rings. The van der Waals surface area contributed by atoms with E-state index < -0.39 is 4.92 Å². The maximum absolute atomic E-state index is 10.2. The van der Waals surface area contributed by atoms with Crippen molar-refractivity contribution in [2.45, 2.75) is 6.92 Å². The van der Waals surface area contributed by atoms with Crippen LogP contribution in [0.1, 0.15) is 12.7 Å². The second kappa shape index (κ2) is 5.23. The fourth-order valence-electron chi connectivity index (χ4n) is 0.763. The standard InChI is InChI=1S/C7H8N2O4.ClH/c1-2-12-7(8)5-3-4-6(13-5)9(10)11;/h3-4,8H,2H2,1H3;1H. The van der Waals surface area contributed by atoms with Crippen LogP contribution in [0.25, 0.3) is 0 Å². The van der Waals surface area contributed by atoms with E-state index in [4.69, 9.17) is 14.6 Å². The molecule has 78 valence electrons. The summed E-state index contributed by atoms with van der Waals surface area (Å²) in [5, 5.41) is 17.4. The second-order valence-corrected chi connectivity index (χ2v) is 2.16. The van der Waals surface area contributed by atoms with E-state index in [2.05, 4.69) is 0 Å². The molecule has 1 N–H and O–H groups in total. The van der Waals surface area contributed by atoms with Gasteiger partial charge in [-0.1, -0.05) is 0 Å². The molecule has 0 aliphatic carbocycles. The quantitative estimate of drug-likeness (QED) is 0.365. The molecule has 0 atom stereocenters. The van der Waals surface area contributed by atoms with Crippen LogP contribution in [0.2, 0.25) is 0 Å². The number of rotatable bonds is 3. The van der Waals surface area contributed by atoms with Gasteiger partial charge in [-0.3, -0.25) is 15.5 Å². The molecular weight excluding hydrogens is 212 g/mol. The molecule has 0 saturated carbocycles. The van der Waals surface area contributed by atoms with Crippen LogP contribution >= 0.6 is 12.4 Å². The zero-order chi connectivity index (χ0) is 9.84. The summed E-state index contributed by atoms with van der Waals surface area (Å²) in [4.78, 5) is 9.53. The molecule has 0 bridgehead atoms. The minimum atomic E-state index is -0.664. The number of nitrogens with zero attached hydrogens (tertiary/aromatic N) is 1. The van der Waals surface area contributed by atoms with Crippen LogP contribution < -0.4 is 0 Å². The highest BCUT2D eigenvalue weighted by atomic mass is 35.5. The summed E-state index contributed by atoms with van der Waals surface area (Å²) in [6.45, 7) is 2.04. The van der Waals surface area contributed by atoms with E-state index >= 15 is 0 Å². The molecule has 1 rings (SSSR count). The molecule has 1 heterocycles. The van der Waals surface area contributed by atoms with Crippen LogP contribution in [0.5, 0.6) is 0 Å². The van der Waals surface area contributed by atoms with Crippen molar-refractivity contribution in [3.05, 3.63) is 28.0 Å².